The molecule has 7 nitrogen and oxygen atoms in total. The second-order valence-corrected chi connectivity index (χ2v) is 6.32. The molecule has 0 spiro atoms. The average Bonchev–Trinajstić information content (AvgIpc) is 3.17. The number of carbonyl (C=O) groups excluding carboxylic acids is 2. The van der Waals surface area contributed by atoms with Gasteiger partial charge in [-0.1, -0.05) is 13.8 Å². The van der Waals surface area contributed by atoms with Gasteiger partial charge in [0.15, 0.2) is 5.76 Å². The van der Waals surface area contributed by atoms with E-state index in [4.69, 9.17) is 4.42 Å². The van der Waals surface area contributed by atoms with E-state index in [-0.39, 0.29) is 36.5 Å². The number of hydrogen-bond acceptors (Lipinski definition) is 5. The Balaban J connectivity index is 1.80. The lowest BCUT2D eigenvalue weighted by atomic mass is 10.0. The summed E-state index contributed by atoms with van der Waals surface area (Å²) in [5.74, 6) is -0.672. The first-order chi connectivity index (χ1) is 13.2. The van der Waals surface area contributed by atoms with E-state index in [1.165, 1.54) is 18.4 Å². The number of pyridine rings is 1. The highest BCUT2D eigenvalue weighted by atomic mass is 19.4. The molecule has 0 saturated carbocycles. The topological polar surface area (TPSA) is 96.3 Å². The maximum absolute atomic E-state index is 12.5. The zero-order chi connectivity index (χ0) is 20.7. The number of rotatable bonds is 8. The van der Waals surface area contributed by atoms with Gasteiger partial charge in [0.05, 0.1) is 11.8 Å². The van der Waals surface area contributed by atoms with Crippen molar-refractivity contribution in [2.24, 2.45) is 5.92 Å². The number of carbonyl (C=O) groups is 2. The largest absolute Gasteiger partial charge is 0.459 e. The zero-order valence-corrected chi connectivity index (χ0v) is 15.3. The molecule has 2 amide bonds. The highest BCUT2D eigenvalue weighted by Gasteiger charge is 2.30. The molecule has 0 fully saturated rings. The molecule has 28 heavy (non-hydrogen) atoms. The first kappa shape index (κ1) is 21.3. The summed E-state index contributed by atoms with van der Waals surface area (Å²) in [6, 6.07) is 4.44. The van der Waals surface area contributed by atoms with Crippen molar-refractivity contribution in [2.45, 2.75) is 26.1 Å². The van der Waals surface area contributed by atoms with Crippen molar-refractivity contribution in [1.82, 2.24) is 15.6 Å². The minimum atomic E-state index is -4.44. The maximum Gasteiger partial charge on any atom is 0.417 e. The monoisotopic (exact) mass is 398 g/mol. The fourth-order valence-corrected chi connectivity index (χ4v) is 2.31. The van der Waals surface area contributed by atoms with Gasteiger partial charge in [0.1, 0.15) is 11.9 Å². The molecular weight excluding hydrogens is 377 g/mol. The average molecular weight is 398 g/mol. The number of aromatic nitrogens is 1. The van der Waals surface area contributed by atoms with Gasteiger partial charge in [0, 0.05) is 19.3 Å². The van der Waals surface area contributed by atoms with E-state index < -0.39 is 23.7 Å². The Hall–Kier alpha value is -3.04. The molecule has 1 unspecified atom stereocenters. The molecule has 3 N–H and O–H groups in total. The molecule has 2 heterocycles. The summed E-state index contributed by atoms with van der Waals surface area (Å²) in [6.45, 7) is 4.02. The fraction of sp³-hybridized carbons (Fsp3) is 0.389. The van der Waals surface area contributed by atoms with Crippen LogP contribution in [-0.4, -0.2) is 35.9 Å². The normalized spacial score (nSPS) is 12.5. The van der Waals surface area contributed by atoms with Crippen LogP contribution in [-0.2, 0) is 11.0 Å². The van der Waals surface area contributed by atoms with E-state index in [1.54, 1.807) is 19.9 Å². The lowest BCUT2D eigenvalue weighted by Crippen LogP contribution is -2.50. The van der Waals surface area contributed by atoms with Crippen molar-refractivity contribution < 1.29 is 27.2 Å². The van der Waals surface area contributed by atoms with Gasteiger partial charge in [-0.25, -0.2) is 4.98 Å². The summed E-state index contributed by atoms with van der Waals surface area (Å²) in [7, 11) is 0. The number of amides is 2. The van der Waals surface area contributed by atoms with E-state index in [0.717, 1.165) is 12.3 Å². The molecule has 0 aliphatic carbocycles. The number of nitrogens with zero attached hydrogens (tertiary/aromatic N) is 1. The molecule has 0 saturated heterocycles. The summed E-state index contributed by atoms with van der Waals surface area (Å²) in [5.41, 5.74) is -0.835. The first-order valence-corrected chi connectivity index (χ1v) is 8.57. The Bertz CT molecular complexity index is 774. The third-order valence-electron chi connectivity index (χ3n) is 3.80. The zero-order valence-electron chi connectivity index (χ0n) is 15.3. The van der Waals surface area contributed by atoms with Gasteiger partial charge in [-0.05, 0) is 30.2 Å². The van der Waals surface area contributed by atoms with Crippen LogP contribution in [0.1, 0.15) is 30.0 Å². The summed E-state index contributed by atoms with van der Waals surface area (Å²) < 4.78 is 42.5. The Morgan fingerprint density at radius 2 is 1.93 bits per heavy atom. The van der Waals surface area contributed by atoms with Crippen molar-refractivity contribution >= 4 is 17.6 Å². The van der Waals surface area contributed by atoms with Gasteiger partial charge in [0.25, 0.3) is 5.91 Å². The molecule has 2 aromatic rings. The predicted molar refractivity (Wildman–Crippen MR) is 95.5 cm³/mol. The highest BCUT2D eigenvalue weighted by molar-refractivity contribution is 5.95. The van der Waals surface area contributed by atoms with E-state index in [2.05, 4.69) is 20.9 Å². The minimum Gasteiger partial charge on any atom is -0.459 e. The van der Waals surface area contributed by atoms with Crippen LogP contribution in [0.5, 0.6) is 0 Å². The van der Waals surface area contributed by atoms with E-state index >= 15 is 0 Å². The third kappa shape index (κ3) is 6.00. The quantitative estimate of drug-likeness (QED) is 0.594. The van der Waals surface area contributed by atoms with Crippen LogP contribution >= 0.6 is 0 Å². The highest BCUT2D eigenvalue weighted by Crippen LogP contribution is 2.28. The van der Waals surface area contributed by atoms with Crippen molar-refractivity contribution in [2.75, 3.05) is 18.4 Å². The molecular formula is C18H21F3N4O3. The number of nitrogens with one attached hydrogen (secondary N) is 3. The molecule has 10 heteroatoms. The molecule has 0 bridgehead atoms. The van der Waals surface area contributed by atoms with Gasteiger partial charge >= 0.3 is 6.18 Å². The van der Waals surface area contributed by atoms with Gasteiger partial charge in [-0.2, -0.15) is 13.2 Å². The molecule has 0 aliphatic rings. The van der Waals surface area contributed by atoms with Gasteiger partial charge < -0.3 is 20.4 Å². The second-order valence-electron chi connectivity index (χ2n) is 6.32. The van der Waals surface area contributed by atoms with Crippen molar-refractivity contribution in [3.8, 4) is 0 Å². The van der Waals surface area contributed by atoms with Crippen LogP contribution in [0.3, 0.4) is 0 Å². The van der Waals surface area contributed by atoms with Crippen LogP contribution in [0.4, 0.5) is 19.0 Å². The molecule has 0 aromatic carbocycles. The predicted octanol–water partition coefficient (Wildman–Crippen LogP) is 2.68. The standard InChI is InChI=1S/C18H21F3N4O3/c1-11(2)15(25-16(26)13-4-3-9-28-13)17(27)23-8-7-22-14-6-5-12(10-24-14)18(19,20)21/h3-6,9-11,15H,7-8H2,1-2H3,(H,22,24)(H,23,27)(H,25,26). The minimum absolute atomic E-state index is 0.105. The third-order valence-corrected chi connectivity index (χ3v) is 3.80. The molecule has 0 radical (unpaired) electrons. The van der Waals surface area contributed by atoms with Crippen molar-refractivity contribution in [3.63, 3.8) is 0 Å². The molecule has 2 rings (SSSR count). The van der Waals surface area contributed by atoms with Crippen LogP contribution in [0.25, 0.3) is 0 Å². The number of furan rings is 1. The summed E-state index contributed by atoms with van der Waals surface area (Å²) in [6.07, 6.45) is -2.34. The smallest absolute Gasteiger partial charge is 0.417 e. The fourth-order valence-electron chi connectivity index (χ4n) is 2.31. The Morgan fingerprint density at radius 3 is 2.46 bits per heavy atom. The summed E-state index contributed by atoms with van der Waals surface area (Å²) in [5, 5.41) is 8.09. The first-order valence-electron chi connectivity index (χ1n) is 8.57. The van der Waals surface area contributed by atoms with Gasteiger partial charge in [0.2, 0.25) is 5.91 Å². The van der Waals surface area contributed by atoms with E-state index in [0.29, 0.717) is 0 Å². The summed E-state index contributed by atoms with van der Waals surface area (Å²) in [4.78, 5) is 28.1. The van der Waals surface area contributed by atoms with Crippen LogP contribution in [0, 0.1) is 5.92 Å². The lowest BCUT2D eigenvalue weighted by molar-refractivity contribution is -0.137. The Morgan fingerprint density at radius 1 is 1.18 bits per heavy atom. The van der Waals surface area contributed by atoms with Crippen LogP contribution in [0.15, 0.2) is 41.1 Å². The molecule has 152 valence electrons. The van der Waals surface area contributed by atoms with Gasteiger partial charge in [-0.15, -0.1) is 0 Å². The van der Waals surface area contributed by atoms with E-state index in [1.807, 2.05) is 0 Å². The van der Waals surface area contributed by atoms with Crippen LogP contribution < -0.4 is 16.0 Å². The van der Waals surface area contributed by atoms with Crippen LogP contribution in [0.2, 0.25) is 0 Å². The number of alkyl halides is 3. The number of hydrogen-bond donors (Lipinski definition) is 3. The van der Waals surface area contributed by atoms with Crippen molar-refractivity contribution in [3.05, 3.63) is 48.0 Å². The molecule has 2 aromatic heterocycles. The lowest BCUT2D eigenvalue weighted by Gasteiger charge is -2.21. The molecule has 1 atom stereocenters. The Kier molecular flexibility index (Phi) is 7.02. The molecule has 0 aliphatic heterocycles. The van der Waals surface area contributed by atoms with Gasteiger partial charge in [-0.3, -0.25) is 9.59 Å². The summed E-state index contributed by atoms with van der Waals surface area (Å²) >= 11 is 0. The second kappa shape index (κ2) is 9.25. The SMILES string of the molecule is CC(C)C(NC(=O)c1ccco1)C(=O)NCCNc1ccc(C(F)(F)F)cn1. The van der Waals surface area contributed by atoms with Crippen molar-refractivity contribution in [1.29, 1.82) is 0 Å². The Labute approximate surface area is 159 Å². The maximum atomic E-state index is 12.5. The number of anilines is 1. The van der Waals surface area contributed by atoms with E-state index in [9.17, 15) is 22.8 Å². The number of halogens is 3.